The number of carbonyl (C=O) groups is 1. The Balaban J connectivity index is 2.05. The van der Waals surface area contributed by atoms with Gasteiger partial charge in [0.15, 0.2) is 0 Å². The lowest BCUT2D eigenvalue weighted by Gasteiger charge is -2.29. The maximum Gasteiger partial charge on any atom is 0.391 e. The summed E-state index contributed by atoms with van der Waals surface area (Å²) in [4.78, 5) is 12.2. The standard InChI is InChI=1S/C15H17ClF3NO/c1-9-12(16)6-3-7-13(9)20-14(21)10-4-2-5-11(8-10)15(17,18)19/h3,6-7,10-11H,2,4-5,8H2,1H3,(H,20,21). The summed E-state index contributed by atoms with van der Waals surface area (Å²) in [5.74, 6) is -2.32. The fraction of sp³-hybridized carbons (Fsp3) is 0.533. The van der Waals surface area contributed by atoms with Crippen molar-refractivity contribution in [3.05, 3.63) is 28.8 Å². The Labute approximate surface area is 126 Å². The van der Waals surface area contributed by atoms with Gasteiger partial charge in [-0.05, 0) is 43.9 Å². The zero-order valence-corrected chi connectivity index (χ0v) is 12.4. The SMILES string of the molecule is Cc1c(Cl)cccc1NC(=O)C1CCCC(C(F)(F)F)C1. The summed E-state index contributed by atoms with van der Waals surface area (Å²) in [5.41, 5.74) is 1.28. The second kappa shape index (κ2) is 6.26. The molecule has 1 amide bonds. The van der Waals surface area contributed by atoms with Crippen molar-refractivity contribution in [2.24, 2.45) is 11.8 Å². The van der Waals surface area contributed by atoms with Gasteiger partial charge in [0.25, 0.3) is 0 Å². The average Bonchev–Trinajstić information content (AvgIpc) is 2.43. The van der Waals surface area contributed by atoms with Gasteiger partial charge in [-0.1, -0.05) is 24.1 Å². The van der Waals surface area contributed by atoms with E-state index in [9.17, 15) is 18.0 Å². The van der Waals surface area contributed by atoms with Crippen LogP contribution in [0.15, 0.2) is 18.2 Å². The van der Waals surface area contributed by atoms with Crippen molar-refractivity contribution in [3.8, 4) is 0 Å². The maximum atomic E-state index is 12.8. The Morgan fingerprint density at radius 3 is 2.71 bits per heavy atom. The molecule has 2 unspecified atom stereocenters. The molecule has 0 radical (unpaired) electrons. The van der Waals surface area contributed by atoms with E-state index in [0.717, 1.165) is 5.56 Å². The fourth-order valence-electron chi connectivity index (χ4n) is 2.70. The third-order valence-corrected chi connectivity index (χ3v) is 4.44. The molecule has 0 heterocycles. The van der Waals surface area contributed by atoms with Gasteiger partial charge in [-0.2, -0.15) is 13.2 Å². The molecule has 1 saturated carbocycles. The Hall–Kier alpha value is -1.23. The lowest BCUT2D eigenvalue weighted by molar-refractivity contribution is -0.185. The molecule has 1 aliphatic rings. The van der Waals surface area contributed by atoms with E-state index < -0.39 is 18.0 Å². The Morgan fingerprint density at radius 2 is 2.05 bits per heavy atom. The third-order valence-electron chi connectivity index (χ3n) is 4.03. The molecule has 2 nitrogen and oxygen atoms in total. The number of rotatable bonds is 2. The first kappa shape index (κ1) is 16.1. The number of benzene rings is 1. The minimum Gasteiger partial charge on any atom is -0.326 e. The van der Waals surface area contributed by atoms with Crippen LogP contribution in [0.5, 0.6) is 0 Å². The molecule has 2 rings (SSSR count). The highest BCUT2D eigenvalue weighted by Gasteiger charge is 2.43. The molecule has 0 aliphatic heterocycles. The van der Waals surface area contributed by atoms with Crippen LogP contribution in [-0.4, -0.2) is 12.1 Å². The molecule has 1 fully saturated rings. The summed E-state index contributed by atoms with van der Waals surface area (Å²) in [6.07, 6.45) is -3.31. The highest BCUT2D eigenvalue weighted by molar-refractivity contribution is 6.31. The van der Waals surface area contributed by atoms with Crippen molar-refractivity contribution in [1.82, 2.24) is 0 Å². The van der Waals surface area contributed by atoms with E-state index in [1.807, 2.05) is 0 Å². The van der Waals surface area contributed by atoms with E-state index in [1.165, 1.54) is 0 Å². The van der Waals surface area contributed by atoms with Crippen LogP contribution in [-0.2, 0) is 4.79 Å². The normalized spacial score (nSPS) is 22.9. The van der Waals surface area contributed by atoms with Crippen molar-refractivity contribution in [1.29, 1.82) is 0 Å². The molecule has 21 heavy (non-hydrogen) atoms. The highest BCUT2D eigenvalue weighted by Crippen LogP contribution is 2.40. The molecule has 1 aliphatic carbocycles. The molecule has 0 spiro atoms. The lowest BCUT2D eigenvalue weighted by Crippen LogP contribution is -2.34. The minimum atomic E-state index is -4.22. The van der Waals surface area contributed by atoms with Gasteiger partial charge in [0.05, 0.1) is 5.92 Å². The lowest BCUT2D eigenvalue weighted by atomic mass is 9.80. The van der Waals surface area contributed by atoms with E-state index >= 15 is 0 Å². The summed E-state index contributed by atoms with van der Waals surface area (Å²) in [6, 6.07) is 5.10. The van der Waals surface area contributed by atoms with Crippen LogP contribution in [0.1, 0.15) is 31.2 Å². The zero-order valence-electron chi connectivity index (χ0n) is 11.6. The molecule has 1 N–H and O–H groups in total. The Bertz CT molecular complexity index is 530. The summed E-state index contributed by atoms with van der Waals surface area (Å²) in [6.45, 7) is 1.76. The van der Waals surface area contributed by atoms with Crippen molar-refractivity contribution >= 4 is 23.2 Å². The van der Waals surface area contributed by atoms with Gasteiger partial charge in [0.1, 0.15) is 0 Å². The van der Waals surface area contributed by atoms with Crippen LogP contribution >= 0.6 is 11.6 Å². The minimum absolute atomic E-state index is 0.115. The molecule has 1 aromatic carbocycles. The molecule has 0 bridgehead atoms. The van der Waals surface area contributed by atoms with Gasteiger partial charge >= 0.3 is 6.18 Å². The summed E-state index contributed by atoms with van der Waals surface area (Å²) >= 11 is 5.97. The molecular weight excluding hydrogens is 303 g/mol. The van der Waals surface area contributed by atoms with E-state index in [0.29, 0.717) is 23.6 Å². The van der Waals surface area contributed by atoms with Crippen molar-refractivity contribution in [2.75, 3.05) is 5.32 Å². The smallest absolute Gasteiger partial charge is 0.326 e. The number of carbonyl (C=O) groups excluding carboxylic acids is 1. The molecule has 1 aromatic rings. The number of amides is 1. The summed E-state index contributed by atoms with van der Waals surface area (Å²) < 4.78 is 38.3. The van der Waals surface area contributed by atoms with Gasteiger partial charge in [-0.3, -0.25) is 4.79 Å². The fourth-order valence-corrected chi connectivity index (χ4v) is 2.88. The quantitative estimate of drug-likeness (QED) is 0.820. The van der Waals surface area contributed by atoms with Crippen LogP contribution in [0.4, 0.5) is 18.9 Å². The van der Waals surface area contributed by atoms with Gasteiger partial charge in [-0.25, -0.2) is 0 Å². The zero-order chi connectivity index (χ0) is 15.6. The van der Waals surface area contributed by atoms with Crippen LogP contribution in [0, 0.1) is 18.8 Å². The molecule has 0 saturated heterocycles. The second-order valence-corrected chi connectivity index (χ2v) is 5.91. The van der Waals surface area contributed by atoms with E-state index in [-0.39, 0.29) is 18.7 Å². The van der Waals surface area contributed by atoms with E-state index in [1.54, 1.807) is 25.1 Å². The first-order valence-corrected chi connectivity index (χ1v) is 7.29. The second-order valence-electron chi connectivity index (χ2n) is 5.50. The Morgan fingerprint density at radius 1 is 1.33 bits per heavy atom. The van der Waals surface area contributed by atoms with Crippen molar-refractivity contribution in [2.45, 2.75) is 38.8 Å². The van der Waals surface area contributed by atoms with Crippen LogP contribution < -0.4 is 5.32 Å². The largest absolute Gasteiger partial charge is 0.391 e. The molecule has 116 valence electrons. The number of nitrogens with one attached hydrogen (secondary N) is 1. The predicted octanol–water partition coefficient (Wildman–Crippen LogP) is 4.96. The maximum absolute atomic E-state index is 12.8. The monoisotopic (exact) mass is 319 g/mol. The highest BCUT2D eigenvalue weighted by atomic mass is 35.5. The third kappa shape index (κ3) is 3.90. The van der Waals surface area contributed by atoms with Crippen molar-refractivity contribution in [3.63, 3.8) is 0 Å². The predicted molar refractivity (Wildman–Crippen MR) is 76.3 cm³/mol. The average molecular weight is 320 g/mol. The first-order chi connectivity index (χ1) is 9.79. The van der Waals surface area contributed by atoms with Crippen LogP contribution in [0.3, 0.4) is 0 Å². The van der Waals surface area contributed by atoms with Crippen LogP contribution in [0.25, 0.3) is 0 Å². The molecule has 6 heteroatoms. The number of hydrogen-bond donors (Lipinski definition) is 1. The van der Waals surface area contributed by atoms with Gasteiger partial charge in [0.2, 0.25) is 5.91 Å². The summed E-state index contributed by atoms with van der Waals surface area (Å²) in [7, 11) is 0. The van der Waals surface area contributed by atoms with Gasteiger partial charge < -0.3 is 5.32 Å². The first-order valence-electron chi connectivity index (χ1n) is 6.91. The molecular formula is C15H17ClF3NO. The number of halogens is 4. The summed E-state index contributed by atoms with van der Waals surface area (Å²) in [5, 5.41) is 3.22. The van der Waals surface area contributed by atoms with Gasteiger partial charge in [0, 0.05) is 16.6 Å². The van der Waals surface area contributed by atoms with E-state index in [4.69, 9.17) is 11.6 Å². The van der Waals surface area contributed by atoms with E-state index in [2.05, 4.69) is 5.32 Å². The van der Waals surface area contributed by atoms with Crippen molar-refractivity contribution < 1.29 is 18.0 Å². The topological polar surface area (TPSA) is 29.1 Å². The van der Waals surface area contributed by atoms with Crippen LogP contribution in [0.2, 0.25) is 5.02 Å². The molecule has 0 aromatic heterocycles. The number of hydrogen-bond acceptors (Lipinski definition) is 1. The van der Waals surface area contributed by atoms with Gasteiger partial charge in [-0.15, -0.1) is 0 Å². The number of alkyl halides is 3. The molecule has 2 atom stereocenters. The number of anilines is 1. The Kier molecular flexibility index (Phi) is 4.81.